The van der Waals surface area contributed by atoms with Crippen molar-refractivity contribution in [1.82, 2.24) is 4.90 Å². The molecule has 0 aliphatic heterocycles. The molecular weight excluding hydrogens is 473 g/mol. The average molecular weight is 501 g/mol. The van der Waals surface area contributed by atoms with Gasteiger partial charge >= 0.3 is 6.36 Å². The topological polar surface area (TPSA) is 53.0 Å². The van der Waals surface area contributed by atoms with E-state index in [9.17, 15) is 21.9 Å². The molecule has 180 valence electrons. The standard InChI is InChI=1S/C23H27F3N2O3S2/c1-15(2)27(4)18(13-17-9-11-19(12-10-17)31-23(24,25)26)14-28(33(29)30)22-16(3)20-7-5-6-8-21(20)32-22/h5-12,15,18H,13-14H2,1-4H3,(H,29,30). The number of thiophene rings is 1. The largest absolute Gasteiger partial charge is 0.573 e. The fourth-order valence-electron chi connectivity index (χ4n) is 3.67. The van der Waals surface area contributed by atoms with Crippen LogP contribution in [-0.2, 0) is 17.7 Å². The molecule has 0 spiro atoms. The molecule has 1 N–H and O–H groups in total. The summed E-state index contributed by atoms with van der Waals surface area (Å²) in [7, 11) is 1.94. The number of hydrogen-bond donors (Lipinski definition) is 1. The smallest absolute Gasteiger partial charge is 0.406 e. The first-order valence-corrected chi connectivity index (χ1v) is 12.3. The van der Waals surface area contributed by atoms with Crippen LogP contribution in [0.1, 0.15) is 25.0 Å². The van der Waals surface area contributed by atoms with E-state index < -0.39 is 17.6 Å². The number of hydrogen-bond acceptors (Lipinski definition) is 4. The van der Waals surface area contributed by atoms with Gasteiger partial charge in [0.25, 0.3) is 11.3 Å². The maximum absolute atomic E-state index is 12.5. The van der Waals surface area contributed by atoms with Crippen LogP contribution in [0.15, 0.2) is 48.5 Å². The molecule has 2 unspecified atom stereocenters. The Hall–Kier alpha value is -2.14. The number of nitrogens with zero attached hydrogens (tertiary/aromatic N) is 2. The number of rotatable bonds is 9. The summed E-state index contributed by atoms with van der Waals surface area (Å²) in [6.07, 6.45) is -4.26. The van der Waals surface area contributed by atoms with Crippen molar-refractivity contribution in [2.75, 3.05) is 17.9 Å². The molecule has 1 aromatic heterocycles. The molecule has 0 radical (unpaired) electrons. The Kier molecular flexibility index (Phi) is 8.04. The number of ether oxygens (including phenoxy) is 1. The maximum atomic E-state index is 12.5. The Bertz CT molecular complexity index is 1100. The van der Waals surface area contributed by atoms with Crippen molar-refractivity contribution in [3.05, 3.63) is 59.7 Å². The molecule has 2 atom stereocenters. The SMILES string of the molecule is Cc1c(N(CC(Cc2ccc(OC(F)(F)F)cc2)N(C)C(C)C)S(=O)O)sc2ccccc12. The lowest BCUT2D eigenvalue weighted by Crippen LogP contribution is -2.46. The number of likely N-dealkylation sites (N-methyl/N-ethyl adjacent to an activating group) is 1. The Morgan fingerprint density at radius 1 is 1.12 bits per heavy atom. The molecule has 0 saturated heterocycles. The summed E-state index contributed by atoms with van der Waals surface area (Å²) in [5.41, 5.74) is 1.75. The second-order valence-electron chi connectivity index (χ2n) is 8.13. The predicted molar refractivity (Wildman–Crippen MR) is 128 cm³/mol. The van der Waals surface area contributed by atoms with Gasteiger partial charge in [-0.15, -0.1) is 24.5 Å². The number of fused-ring (bicyclic) bond motifs is 1. The molecule has 3 rings (SSSR count). The van der Waals surface area contributed by atoms with Gasteiger partial charge in [-0.1, -0.05) is 30.3 Å². The van der Waals surface area contributed by atoms with E-state index in [1.807, 2.05) is 52.1 Å². The normalized spacial score (nSPS) is 14.1. The minimum atomic E-state index is -4.74. The van der Waals surface area contributed by atoms with Gasteiger partial charge in [-0.05, 0) is 69.0 Å². The van der Waals surface area contributed by atoms with Crippen molar-refractivity contribution in [2.45, 2.75) is 45.6 Å². The van der Waals surface area contributed by atoms with Gasteiger partial charge in [0.15, 0.2) is 0 Å². The first kappa shape index (κ1) is 25.5. The van der Waals surface area contributed by atoms with E-state index in [-0.39, 0.29) is 24.4 Å². The molecule has 3 aromatic rings. The fourth-order valence-corrected chi connectivity index (χ4v) is 5.67. The summed E-state index contributed by atoms with van der Waals surface area (Å²) in [5.74, 6) is -0.279. The minimum absolute atomic E-state index is 0.153. The van der Waals surface area contributed by atoms with Crippen LogP contribution in [0.3, 0.4) is 0 Å². The van der Waals surface area contributed by atoms with Crippen LogP contribution in [-0.4, -0.2) is 45.7 Å². The quantitative estimate of drug-likeness (QED) is 0.366. The highest BCUT2D eigenvalue weighted by atomic mass is 32.2. The zero-order chi connectivity index (χ0) is 24.3. The highest BCUT2D eigenvalue weighted by molar-refractivity contribution is 7.81. The van der Waals surface area contributed by atoms with Crippen LogP contribution >= 0.6 is 11.3 Å². The third-order valence-electron chi connectivity index (χ3n) is 5.63. The molecule has 33 heavy (non-hydrogen) atoms. The van der Waals surface area contributed by atoms with Crippen molar-refractivity contribution in [2.24, 2.45) is 0 Å². The monoisotopic (exact) mass is 500 g/mol. The van der Waals surface area contributed by atoms with Gasteiger partial charge in [0.2, 0.25) is 0 Å². The molecule has 0 amide bonds. The lowest BCUT2D eigenvalue weighted by molar-refractivity contribution is -0.274. The van der Waals surface area contributed by atoms with Crippen LogP contribution in [0, 0.1) is 6.92 Å². The number of anilines is 1. The molecular formula is C23H27F3N2O3S2. The average Bonchev–Trinajstić information content (AvgIpc) is 3.07. The van der Waals surface area contributed by atoms with E-state index in [1.54, 1.807) is 12.1 Å². The molecule has 0 aliphatic carbocycles. The summed E-state index contributed by atoms with van der Waals surface area (Å²) in [5, 5.41) is 1.77. The van der Waals surface area contributed by atoms with Gasteiger partial charge in [0.05, 0.1) is 6.54 Å². The molecule has 0 bridgehead atoms. The lowest BCUT2D eigenvalue weighted by Gasteiger charge is -2.34. The van der Waals surface area contributed by atoms with Gasteiger partial charge < -0.3 is 4.74 Å². The van der Waals surface area contributed by atoms with Crippen LogP contribution in [0.2, 0.25) is 0 Å². The predicted octanol–water partition coefficient (Wildman–Crippen LogP) is 6.00. The van der Waals surface area contributed by atoms with Gasteiger partial charge in [-0.3, -0.25) is 13.8 Å². The Morgan fingerprint density at radius 3 is 2.30 bits per heavy atom. The van der Waals surface area contributed by atoms with E-state index in [0.717, 1.165) is 26.2 Å². The first-order valence-electron chi connectivity index (χ1n) is 10.4. The molecule has 10 heteroatoms. The summed E-state index contributed by atoms with van der Waals surface area (Å²) in [4.78, 5) is 2.10. The van der Waals surface area contributed by atoms with E-state index in [0.29, 0.717) is 6.42 Å². The van der Waals surface area contributed by atoms with Gasteiger partial charge in [0, 0.05) is 16.8 Å². The lowest BCUT2D eigenvalue weighted by atomic mass is 10.0. The summed E-state index contributed by atoms with van der Waals surface area (Å²) < 4.78 is 66.4. The van der Waals surface area contributed by atoms with Crippen LogP contribution in [0.4, 0.5) is 18.2 Å². The second kappa shape index (κ2) is 10.4. The molecule has 1 heterocycles. The highest BCUT2D eigenvalue weighted by Crippen LogP contribution is 2.38. The van der Waals surface area contributed by atoms with Crippen molar-refractivity contribution in [3.8, 4) is 5.75 Å². The van der Waals surface area contributed by atoms with Crippen molar-refractivity contribution < 1.29 is 26.7 Å². The van der Waals surface area contributed by atoms with Crippen molar-refractivity contribution in [3.63, 3.8) is 0 Å². The van der Waals surface area contributed by atoms with Gasteiger partial charge in [-0.25, -0.2) is 4.21 Å². The Balaban J connectivity index is 1.87. The van der Waals surface area contributed by atoms with E-state index >= 15 is 0 Å². The van der Waals surface area contributed by atoms with E-state index in [1.165, 1.54) is 27.8 Å². The molecule has 0 saturated carbocycles. The third kappa shape index (κ3) is 6.47. The number of alkyl halides is 3. The number of benzene rings is 2. The summed E-state index contributed by atoms with van der Waals surface area (Å²) in [6, 6.07) is 13.6. The van der Waals surface area contributed by atoms with E-state index in [2.05, 4.69) is 9.64 Å². The number of aryl methyl sites for hydroxylation is 1. The third-order valence-corrected chi connectivity index (χ3v) is 7.75. The van der Waals surface area contributed by atoms with Gasteiger partial charge in [-0.2, -0.15) is 0 Å². The Morgan fingerprint density at radius 2 is 1.76 bits per heavy atom. The van der Waals surface area contributed by atoms with Gasteiger partial charge in [0.1, 0.15) is 10.8 Å². The molecule has 2 aromatic carbocycles. The van der Waals surface area contributed by atoms with E-state index in [4.69, 9.17) is 0 Å². The molecule has 5 nitrogen and oxygen atoms in total. The maximum Gasteiger partial charge on any atom is 0.573 e. The zero-order valence-electron chi connectivity index (χ0n) is 18.8. The molecule has 0 fully saturated rings. The zero-order valence-corrected chi connectivity index (χ0v) is 20.4. The second-order valence-corrected chi connectivity index (χ2v) is 10.1. The van der Waals surface area contributed by atoms with Crippen LogP contribution in [0.5, 0.6) is 5.75 Å². The summed E-state index contributed by atoms with van der Waals surface area (Å²) >= 11 is -0.775. The Labute approximate surface area is 198 Å². The van der Waals surface area contributed by atoms with Crippen molar-refractivity contribution in [1.29, 1.82) is 0 Å². The van der Waals surface area contributed by atoms with Crippen LogP contribution in [0.25, 0.3) is 10.1 Å². The number of halogens is 3. The van der Waals surface area contributed by atoms with Crippen LogP contribution < -0.4 is 9.04 Å². The molecule has 0 aliphatic rings. The minimum Gasteiger partial charge on any atom is -0.406 e. The van der Waals surface area contributed by atoms with Crippen molar-refractivity contribution >= 4 is 37.7 Å². The fraction of sp³-hybridized carbons (Fsp3) is 0.391. The summed E-state index contributed by atoms with van der Waals surface area (Å²) in [6.45, 7) is 6.26. The highest BCUT2D eigenvalue weighted by Gasteiger charge is 2.31. The first-order chi connectivity index (χ1) is 15.5.